The van der Waals surface area contributed by atoms with E-state index in [2.05, 4.69) is 25.7 Å². The number of nitrogens with zero attached hydrogens (tertiary/aromatic N) is 1. The predicted octanol–water partition coefficient (Wildman–Crippen LogP) is 14.0. The van der Waals surface area contributed by atoms with E-state index in [1.807, 2.05) is 0 Å². The number of aliphatic hydroxyl groups excluding tert-OH is 1. The highest BCUT2D eigenvalue weighted by molar-refractivity contribution is 5.85. The first kappa shape index (κ1) is 44.3. The van der Waals surface area contributed by atoms with Gasteiger partial charge < -0.3 is 5.11 Å². The minimum Gasteiger partial charge on any atom is -0.378 e. The van der Waals surface area contributed by atoms with Crippen molar-refractivity contribution in [1.29, 1.82) is 0 Å². The van der Waals surface area contributed by atoms with E-state index in [0.717, 1.165) is 19.5 Å². The molecule has 0 aromatic heterocycles. The van der Waals surface area contributed by atoms with Crippen LogP contribution in [0.2, 0.25) is 0 Å². The third-order valence-corrected chi connectivity index (χ3v) is 9.38. The molecule has 1 atom stereocenters. The molecule has 0 rings (SSSR count). The molecule has 0 fully saturated rings. The van der Waals surface area contributed by atoms with Crippen molar-refractivity contribution in [2.24, 2.45) is 0 Å². The summed E-state index contributed by atoms with van der Waals surface area (Å²) in [5, 5.41) is 10.5. The molecule has 0 saturated heterocycles. The maximum Gasteiger partial charge on any atom is 0.107 e. The van der Waals surface area contributed by atoms with Crippen molar-refractivity contribution in [2.75, 3.05) is 13.1 Å². The highest BCUT2D eigenvalue weighted by Gasteiger charge is 2.12. The van der Waals surface area contributed by atoms with E-state index in [9.17, 15) is 5.11 Å². The summed E-state index contributed by atoms with van der Waals surface area (Å²) in [6.07, 6.45) is 46.1. The Kier molecular flexibility index (Phi) is 41.4. The molecule has 1 unspecified atom stereocenters. The van der Waals surface area contributed by atoms with Crippen LogP contribution in [0.25, 0.3) is 0 Å². The maximum absolute atomic E-state index is 10.5. The average molecular weight is 617 g/mol. The molecule has 0 aromatic carbocycles. The van der Waals surface area contributed by atoms with Crippen LogP contribution in [0.15, 0.2) is 0 Å². The van der Waals surface area contributed by atoms with E-state index in [0.29, 0.717) is 0 Å². The molecule has 42 heavy (non-hydrogen) atoms. The van der Waals surface area contributed by atoms with Gasteiger partial charge in [-0.15, -0.1) is 12.4 Å². The lowest BCUT2D eigenvalue weighted by molar-refractivity contribution is -0.00101. The van der Waals surface area contributed by atoms with E-state index in [1.54, 1.807) is 0 Å². The molecule has 3 heteroatoms. The van der Waals surface area contributed by atoms with Gasteiger partial charge >= 0.3 is 0 Å². The summed E-state index contributed by atoms with van der Waals surface area (Å²) in [7, 11) is 0. The molecular weight excluding hydrogens is 534 g/mol. The molecule has 2 nitrogen and oxygen atoms in total. The summed E-state index contributed by atoms with van der Waals surface area (Å²) in [5.74, 6) is 0. The quantitative estimate of drug-likeness (QED) is 0.0559. The van der Waals surface area contributed by atoms with Crippen molar-refractivity contribution in [2.45, 2.75) is 239 Å². The molecule has 0 aliphatic rings. The Hall–Kier alpha value is 0.210. The van der Waals surface area contributed by atoms with Gasteiger partial charge in [0.1, 0.15) is 6.23 Å². The van der Waals surface area contributed by atoms with E-state index >= 15 is 0 Å². The number of hydrogen-bond acceptors (Lipinski definition) is 2. The molecule has 0 saturated carbocycles. The van der Waals surface area contributed by atoms with Gasteiger partial charge in [0.05, 0.1) is 0 Å². The van der Waals surface area contributed by atoms with E-state index in [4.69, 9.17) is 0 Å². The molecule has 0 aromatic rings. The molecule has 256 valence electrons. The Morgan fingerprint density at radius 3 is 0.714 bits per heavy atom. The van der Waals surface area contributed by atoms with Gasteiger partial charge in [-0.1, -0.05) is 213 Å². The predicted molar refractivity (Wildman–Crippen MR) is 194 cm³/mol. The van der Waals surface area contributed by atoms with Crippen LogP contribution in [-0.4, -0.2) is 29.3 Å². The fraction of sp³-hybridized carbons (Fsp3) is 1.00. The molecule has 0 radical (unpaired) electrons. The van der Waals surface area contributed by atoms with Gasteiger partial charge in [-0.2, -0.15) is 0 Å². The topological polar surface area (TPSA) is 23.5 Å². The van der Waals surface area contributed by atoms with Crippen LogP contribution in [0, 0.1) is 0 Å². The van der Waals surface area contributed by atoms with Crippen LogP contribution in [0.5, 0.6) is 0 Å². The van der Waals surface area contributed by atoms with Crippen molar-refractivity contribution in [1.82, 2.24) is 4.90 Å². The zero-order valence-corrected chi connectivity index (χ0v) is 30.4. The zero-order valence-electron chi connectivity index (χ0n) is 29.6. The third-order valence-electron chi connectivity index (χ3n) is 9.38. The van der Waals surface area contributed by atoms with E-state index in [-0.39, 0.29) is 18.6 Å². The molecule has 0 aliphatic carbocycles. The summed E-state index contributed by atoms with van der Waals surface area (Å²) in [6.45, 7) is 8.91. The standard InChI is InChI=1S/C39H81NO.ClH/c1-4-7-9-11-13-15-17-19-21-23-25-27-29-31-33-35-37-40(39(41)6-3)38-36-34-32-30-28-26-24-22-20-18-16-14-12-10-8-5-2;/h39,41H,4-38H2,1-3H3;1H. The van der Waals surface area contributed by atoms with Gasteiger partial charge in [0.25, 0.3) is 0 Å². The van der Waals surface area contributed by atoms with Crippen molar-refractivity contribution in [3.8, 4) is 0 Å². The monoisotopic (exact) mass is 616 g/mol. The summed E-state index contributed by atoms with van der Waals surface area (Å²) >= 11 is 0. The molecule has 0 heterocycles. The third kappa shape index (κ3) is 34.7. The first-order valence-electron chi connectivity index (χ1n) is 19.7. The Bertz CT molecular complexity index is 424. The van der Waals surface area contributed by atoms with Crippen molar-refractivity contribution in [3.63, 3.8) is 0 Å². The second-order valence-corrected chi connectivity index (χ2v) is 13.5. The summed E-state index contributed by atoms with van der Waals surface area (Å²) < 4.78 is 0. The first-order valence-corrected chi connectivity index (χ1v) is 19.7. The lowest BCUT2D eigenvalue weighted by Crippen LogP contribution is -2.36. The van der Waals surface area contributed by atoms with E-state index < -0.39 is 0 Å². The Labute approximate surface area is 273 Å². The SMILES string of the molecule is CCCCCCCCCCCCCCCCCCN(CCCCCCCCCCCCCCCCCC)C(O)CC.Cl. The smallest absolute Gasteiger partial charge is 0.107 e. The summed E-state index contributed by atoms with van der Waals surface area (Å²) in [4.78, 5) is 2.37. The number of unbranched alkanes of at least 4 members (excludes halogenated alkanes) is 30. The molecule has 0 aliphatic heterocycles. The Balaban J connectivity index is 0. The van der Waals surface area contributed by atoms with Crippen molar-refractivity contribution < 1.29 is 5.11 Å². The molecule has 1 N–H and O–H groups in total. The minimum absolute atomic E-state index is 0. The Morgan fingerprint density at radius 2 is 0.524 bits per heavy atom. The number of rotatable bonds is 36. The van der Waals surface area contributed by atoms with Crippen LogP contribution >= 0.6 is 12.4 Å². The van der Waals surface area contributed by atoms with Gasteiger partial charge in [-0.3, -0.25) is 4.90 Å². The maximum atomic E-state index is 10.5. The lowest BCUT2D eigenvalue weighted by Gasteiger charge is -2.27. The second kappa shape index (κ2) is 39.2. The van der Waals surface area contributed by atoms with Gasteiger partial charge in [0, 0.05) is 13.1 Å². The fourth-order valence-corrected chi connectivity index (χ4v) is 6.39. The van der Waals surface area contributed by atoms with Gasteiger partial charge in [-0.25, -0.2) is 0 Å². The largest absolute Gasteiger partial charge is 0.378 e. The zero-order chi connectivity index (χ0) is 29.9. The normalized spacial score (nSPS) is 12.2. The van der Waals surface area contributed by atoms with Crippen LogP contribution in [0.3, 0.4) is 0 Å². The van der Waals surface area contributed by atoms with Gasteiger partial charge in [0.15, 0.2) is 0 Å². The highest BCUT2D eigenvalue weighted by Crippen LogP contribution is 2.16. The summed E-state index contributed by atoms with van der Waals surface area (Å²) in [6, 6.07) is 0. The summed E-state index contributed by atoms with van der Waals surface area (Å²) in [5.41, 5.74) is 0. The number of halogens is 1. The van der Waals surface area contributed by atoms with E-state index in [1.165, 1.54) is 205 Å². The highest BCUT2D eigenvalue weighted by atomic mass is 35.5. The molecule has 0 spiro atoms. The first-order chi connectivity index (χ1) is 20.3. The van der Waals surface area contributed by atoms with Crippen molar-refractivity contribution >= 4 is 12.4 Å². The van der Waals surface area contributed by atoms with Gasteiger partial charge in [0.2, 0.25) is 0 Å². The minimum atomic E-state index is -0.234. The molecule has 0 amide bonds. The van der Waals surface area contributed by atoms with Crippen LogP contribution in [-0.2, 0) is 0 Å². The number of hydrogen-bond donors (Lipinski definition) is 1. The number of aliphatic hydroxyl groups is 1. The van der Waals surface area contributed by atoms with Crippen LogP contribution in [0.1, 0.15) is 233 Å². The second-order valence-electron chi connectivity index (χ2n) is 13.5. The van der Waals surface area contributed by atoms with Crippen molar-refractivity contribution in [3.05, 3.63) is 0 Å². The molecule has 0 bridgehead atoms. The van der Waals surface area contributed by atoms with Crippen LogP contribution in [0.4, 0.5) is 0 Å². The Morgan fingerprint density at radius 1 is 0.333 bits per heavy atom. The fourth-order valence-electron chi connectivity index (χ4n) is 6.39. The van der Waals surface area contributed by atoms with Gasteiger partial charge in [-0.05, 0) is 19.3 Å². The lowest BCUT2D eigenvalue weighted by atomic mass is 10.0. The van der Waals surface area contributed by atoms with Crippen LogP contribution < -0.4 is 0 Å². The molecular formula is C39H82ClNO. The average Bonchev–Trinajstić information content (AvgIpc) is 2.99.